The maximum atomic E-state index is 12.1. The van der Waals surface area contributed by atoms with E-state index in [-0.39, 0.29) is 11.8 Å². The lowest BCUT2D eigenvalue weighted by Crippen LogP contribution is -2.24. The first-order valence-electron chi connectivity index (χ1n) is 7.07. The Hall–Kier alpha value is -1.62. The molecule has 4 nitrogen and oxygen atoms in total. The zero-order valence-corrected chi connectivity index (χ0v) is 12.3. The number of aryl methyl sites for hydroxylation is 1. The molecular formula is C15H18N2O2S. The Morgan fingerprint density at radius 2 is 2.15 bits per heavy atom. The molecule has 5 heteroatoms. The zero-order valence-electron chi connectivity index (χ0n) is 11.5. The van der Waals surface area contributed by atoms with Gasteiger partial charge in [-0.3, -0.25) is 10.1 Å². The van der Waals surface area contributed by atoms with Gasteiger partial charge >= 0.3 is 0 Å². The first kappa shape index (κ1) is 13.4. The van der Waals surface area contributed by atoms with Crippen LogP contribution in [-0.2, 0) is 4.79 Å². The molecule has 1 saturated carbocycles. The van der Waals surface area contributed by atoms with Gasteiger partial charge in [0.05, 0.1) is 4.88 Å². The van der Waals surface area contributed by atoms with Crippen molar-refractivity contribution < 1.29 is 9.32 Å². The SMILES string of the molecule is Cc1ccc(-c2cc(NC(=O)C3CCCCC3)on2)s1. The molecule has 2 aromatic rings. The van der Waals surface area contributed by atoms with Crippen LogP contribution in [0.15, 0.2) is 22.7 Å². The summed E-state index contributed by atoms with van der Waals surface area (Å²) in [6, 6.07) is 5.87. The lowest BCUT2D eigenvalue weighted by atomic mass is 9.89. The molecular weight excluding hydrogens is 272 g/mol. The number of amides is 1. The number of anilines is 1. The van der Waals surface area contributed by atoms with Crippen molar-refractivity contribution in [3.05, 3.63) is 23.1 Å². The summed E-state index contributed by atoms with van der Waals surface area (Å²) >= 11 is 1.67. The summed E-state index contributed by atoms with van der Waals surface area (Å²) in [5.41, 5.74) is 0.780. The van der Waals surface area contributed by atoms with Crippen LogP contribution in [0.3, 0.4) is 0 Å². The minimum atomic E-state index is 0.0646. The Labute approximate surface area is 122 Å². The zero-order chi connectivity index (χ0) is 13.9. The first-order valence-corrected chi connectivity index (χ1v) is 7.88. The van der Waals surface area contributed by atoms with Crippen LogP contribution >= 0.6 is 11.3 Å². The van der Waals surface area contributed by atoms with Crippen LogP contribution in [0, 0.1) is 12.8 Å². The Balaban J connectivity index is 1.66. The standard InChI is InChI=1S/C15H18N2O2S/c1-10-7-8-13(20-10)12-9-14(19-17-12)16-15(18)11-5-3-2-4-6-11/h7-9,11H,2-6H2,1H3,(H,16,18). The van der Waals surface area contributed by atoms with Crippen molar-refractivity contribution in [2.75, 3.05) is 5.32 Å². The van der Waals surface area contributed by atoms with Crippen molar-refractivity contribution >= 4 is 23.1 Å². The van der Waals surface area contributed by atoms with E-state index < -0.39 is 0 Å². The first-order chi connectivity index (χ1) is 9.72. The minimum absolute atomic E-state index is 0.0646. The van der Waals surface area contributed by atoms with E-state index in [2.05, 4.69) is 23.5 Å². The summed E-state index contributed by atoms with van der Waals surface area (Å²) in [5.74, 6) is 0.637. The maximum Gasteiger partial charge on any atom is 0.231 e. The fourth-order valence-electron chi connectivity index (χ4n) is 2.61. The summed E-state index contributed by atoms with van der Waals surface area (Å²) in [7, 11) is 0. The normalized spacial score (nSPS) is 16.2. The van der Waals surface area contributed by atoms with Crippen molar-refractivity contribution in [3.8, 4) is 10.6 Å². The van der Waals surface area contributed by atoms with Crippen molar-refractivity contribution in [3.63, 3.8) is 0 Å². The summed E-state index contributed by atoms with van der Waals surface area (Å²) in [6.45, 7) is 2.06. The Morgan fingerprint density at radius 1 is 1.35 bits per heavy atom. The van der Waals surface area contributed by atoms with Crippen LogP contribution < -0.4 is 5.32 Å². The number of nitrogens with zero attached hydrogens (tertiary/aromatic N) is 1. The second-order valence-electron chi connectivity index (χ2n) is 5.31. The number of rotatable bonds is 3. The van der Waals surface area contributed by atoms with E-state index in [9.17, 15) is 4.79 Å². The Morgan fingerprint density at radius 3 is 2.85 bits per heavy atom. The van der Waals surface area contributed by atoms with Crippen LogP contribution in [0.4, 0.5) is 5.88 Å². The number of hydrogen-bond donors (Lipinski definition) is 1. The van der Waals surface area contributed by atoms with E-state index in [1.165, 1.54) is 11.3 Å². The van der Waals surface area contributed by atoms with Gasteiger partial charge in [0.15, 0.2) is 0 Å². The Bertz CT molecular complexity index is 597. The van der Waals surface area contributed by atoms with E-state index in [4.69, 9.17) is 4.52 Å². The van der Waals surface area contributed by atoms with Gasteiger partial charge < -0.3 is 4.52 Å². The van der Waals surface area contributed by atoms with E-state index in [0.29, 0.717) is 5.88 Å². The molecule has 0 radical (unpaired) electrons. The van der Waals surface area contributed by atoms with Gasteiger partial charge in [-0.1, -0.05) is 24.4 Å². The molecule has 1 aliphatic carbocycles. The second kappa shape index (κ2) is 5.79. The molecule has 0 saturated heterocycles. The predicted octanol–water partition coefficient (Wildman–Crippen LogP) is 4.23. The summed E-state index contributed by atoms with van der Waals surface area (Å²) in [5, 5.41) is 6.86. The molecule has 0 atom stereocenters. The molecule has 1 fully saturated rings. The van der Waals surface area contributed by atoms with Crippen LogP contribution in [0.2, 0.25) is 0 Å². The third-order valence-electron chi connectivity index (χ3n) is 3.73. The van der Waals surface area contributed by atoms with Gasteiger partial charge in [-0.05, 0) is 31.9 Å². The van der Waals surface area contributed by atoms with Crippen LogP contribution in [0.1, 0.15) is 37.0 Å². The highest BCUT2D eigenvalue weighted by molar-refractivity contribution is 7.15. The number of nitrogens with one attached hydrogen (secondary N) is 1. The average Bonchev–Trinajstić information content (AvgIpc) is 3.09. The van der Waals surface area contributed by atoms with E-state index >= 15 is 0 Å². The molecule has 20 heavy (non-hydrogen) atoms. The lowest BCUT2D eigenvalue weighted by molar-refractivity contribution is -0.120. The van der Waals surface area contributed by atoms with Crippen molar-refractivity contribution in [1.29, 1.82) is 0 Å². The molecule has 1 N–H and O–H groups in total. The molecule has 0 spiro atoms. The number of hydrogen-bond acceptors (Lipinski definition) is 4. The molecule has 2 aromatic heterocycles. The summed E-state index contributed by atoms with van der Waals surface area (Å²) < 4.78 is 5.21. The second-order valence-corrected chi connectivity index (χ2v) is 6.60. The fraction of sp³-hybridized carbons (Fsp3) is 0.467. The summed E-state index contributed by atoms with van der Waals surface area (Å²) in [4.78, 5) is 14.4. The van der Waals surface area contributed by atoms with Crippen molar-refractivity contribution in [1.82, 2.24) is 5.16 Å². The molecule has 0 aromatic carbocycles. The molecule has 106 valence electrons. The molecule has 0 unspecified atom stereocenters. The Kier molecular flexibility index (Phi) is 3.87. The monoisotopic (exact) mass is 290 g/mol. The van der Waals surface area contributed by atoms with Gasteiger partial charge in [0.2, 0.25) is 11.8 Å². The van der Waals surface area contributed by atoms with Gasteiger partial charge in [-0.2, -0.15) is 0 Å². The van der Waals surface area contributed by atoms with E-state index in [1.54, 1.807) is 17.4 Å². The predicted molar refractivity (Wildman–Crippen MR) is 79.8 cm³/mol. The molecule has 2 heterocycles. The smallest absolute Gasteiger partial charge is 0.231 e. The van der Waals surface area contributed by atoms with E-state index in [1.807, 2.05) is 6.07 Å². The van der Waals surface area contributed by atoms with Gasteiger partial charge in [-0.15, -0.1) is 11.3 Å². The van der Waals surface area contributed by atoms with Gasteiger partial charge in [0.1, 0.15) is 5.69 Å². The topological polar surface area (TPSA) is 55.1 Å². The molecule has 0 aliphatic heterocycles. The fourth-order valence-corrected chi connectivity index (χ4v) is 3.43. The van der Waals surface area contributed by atoms with Crippen LogP contribution in [-0.4, -0.2) is 11.1 Å². The molecule has 1 aliphatic rings. The third kappa shape index (κ3) is 2.93. The number of carbonyl (C=O) groups excluding carboxylic acids is 1. The quantitative estimate of drug-likeness (QED) is 0.920. The highest BCUT2D eigenvalue weighted by Gasteiger charge is 2.22. The lowest BCUT2D eigenvalue weighted by Gasteiger charge is -2.19. The van der Waals surface area contributed by atoms with E-state index in [0.717, 1.165) is 36.3 Å². The largest absolute Gasteiger partial charge is 0.338 e. The van der Waals surface area contributed by atoms with Gasteiger partial charge in [0, 0.05) is 16.9 Å². The van der Waals surface area contributed by atoms with Gasteiger partial charge in [0.25, 0.3) is 0 Å². The maximum absolute atomic E-state index is 12.1. The van der Waals surface area contributed by atoms with Gasteiger partial charge in [-0.25, -0.2) is 0 Å². The van der Waals surface area contributed by atoms with Crippen LogP contribution in [0.25, 0.3) is 10.6 Å². The average molecular weight is 290 g/mol. The van der Waals surface area contributed by atoms with Crippen LogP contribution in [0.5, 0.6) is 0 Å². The highest BCUT2D eigenvalue weighted by atomic mass is 32.1. The van der Waals surface area contributed by atoms with Crippen molar-refractivity contribution in [2.24, 2.45) is 5.92 Å². The molecule has 1 amide bonds. The number of carbonyl (C=O) groups is 1. The minimum Gasteiger partial charge on any atom is -0.338 e. The molecule has 3 rings (SSSR count). The number of aromatic nitrogens is 1. The molecule has 0 bridgehead atoms. The highest BCUT2D eigenvalue weighted by Crippen LogP contribution is 2.29. The van der Waals surface area contributed by atoms with Crippen molar-refractivity contribution in [2.45, 2.75) is 39.0 Å². The third-order valence-corrected chi connectivity index (χ3v) is 4.75. The summed E-state index contributed by atoms with van der Waals surface area (Å²) in [6.07, 6.45) is 5.50. The number of thiophene rings is 1.